The van der Waals surface area contributed by atoms with Gasteiger partial charge in [0, 0.05) is 0 Å². The van der Waals surface area contributed by atoms with E-state index in [0.717, 1.165) is 38.5 Å². The average molecular weight is 240 g/mol. The van der Waals surface area contributed by atoms with E-state index in [9.17, 15) is 9.59 Å². The Labute approximate surface area is 104 Å². The molecule has 98 valence electrons. The third kappa shape index (κ3) is 11.1. The highest BCUT2D eigenvalue weighted by Gasteiger charge is 2.07. The Morgan fingerprint density at radius 3 is 2.41 bits per heavy atom. The minimum Gasteiger partial charge on any atom is -0.465 e. The summed E-state index contributed by atoms with van der Waals surface area (Å²) in [6.07, 6.45) is 9.29. The van der Waals surface area contributed by atoms with E-state index in [4.69, 9.17) is 4.74 Å². The third-order valence-electron chi connectivity index (χ3n) is 2.36. The summed E-state index contributed by atoms with van der Waals surface area (Å²) in [6.45, 7) is 4.62. The first kappa shape index (κ1) is 15.9. The van der Waals surface area contributed by atoms with Crippen LogP contribution in [0.25, 0.3) is 0 Å². The molecule has 0 aromatic heterocycles. The molecule has 0 spiro atoms. The monoisotopic (exact) mass is 240 g/mol. The summed E-state index contributed by atoms with van der Waals surface area (Å²) in [5.74, 6) is -0.576. The predicted octanol–water partition coefficient (Wildman–Crippen LogP) is 3.43. The molecule has 0 aliphatic carbocycles. The van der Waals surface area contributed by atoms with Crippen LogP contribution in [-0.2, 0) is 14.3 Å². The molecule has 17 heavy (non-hydrogen) atoms. The lowest BCUT2D eigenvalue weighted by atomic mass is 10.2. The summed E-state index contributed by atoms with van der Waals surface area (Å²) in [4.78, 5) is 22.5. The van der Waals surface area contributed by atoms with E-state index in [2.05, 4.69) is 13.8 Å². The van der Waals surface area contributed by atoms with E-state index in [0.29, 0.717) is 6.61 Å². The molecule has 0 radical (unpaired) electrons. The highest BCUT2D eigenvalue weighted by Crippen LogP contribution is 1.99. The molecule has 3 heteroatoms. The Morgan fingerprint density at radius 2 is 1.76 bits per heavy atom. The van der Waals surface area contributed by atoms with Gasteiger partial charge in [-0.15, -0.1) is 0 Å². The molecule has 0 saturated heterocycles. The standard InChI is InChI=1S/C14H24O3/c1-3-5-7-8-10-13(15)12-14(16)17-11-9-6-4-2/h8,10H,3-7,9,11-12H2,1-2H3. The fourth-order valence-corrected chi connectivity index (χ4v) is 1.33. The van der Waals surface area contributed by atoms with Crippen molar-refractivity contribution in [2.45, 2.75) is 58.8 Å². The summed E-state index contributed by atoms with van der Waals surface area (Å²) in [5, 5.41) is 0. The number of allylic oxidation sites excluding steroid dienone is 2. The van der Waals surface area contributed by atoms with Crippen molar-refractivity contribution in [3.8, 4) is 0 Å². The summed E-state index contributed by atoms with van der Waals surface area (Å²) in [5.41, 5.74) is 0. The number of hydrogen-bond acceptors (Lipinski definition) is 3. The Balaban J connectivity index is 3.58. The van der Waals surface area contributed by atoms with Gasteiger partial charge in [0.25, 0.3) is 0 Å². The minimum absolute atomic E-state index is 0.130. The van der Waals surface area contributed by atoms with Crippen LogP contribution in [0.4, 0.5) is 0 Å². The normalized spacial score (nSPS) is 10.7. The average Bonchev–Trinajstić information content (AvgIpc) is 2.30. The van der Waals surface area contributed by atoms with Gasteiger partial charge in [-0.05, 0) is 18.9 Å². The van der Waals surface area contributed by atoms with Gasteiger partial charge >= 0.3 is 5.97 Å². The zero-order valence-electron chi connectivity index (χ0n) is 11.0. The lowest BCUT2D eigenvalue weighted by Crippen LogP contribution is -2.10. The fraction of sp³-hybridized carbons (Fsp3) is 0.714. The Kier molecular flexibility index (Phi) is 10.6. The van der Waals surface area contributed by atoms with Gasteiger partial charge in [0.05, 0.1) is 6.61 Å². The van der Waals surface area contributed by atoms with Crippen LogP contribution in [0.5, 0.6) is 0 Å². The lowest BCUT2D eigenvalue weighted by Gasteiger charge is -2.02. The Bertz CT molecular complexity index is 244. The highest BCUT2D eigenvalue weighted by molar-refractivity contribution is 6.01. The maximum Gasteiger partial charge on any atom is 0.313 e. The number of ketones is 1. The van der Waals surface area contributed by atoms with Gasteiger partial charge < -0.3 is 4.74 Å². The van der Waals surface area contributed by atoms with Crippen molar-refractivity contribution in [3.63, 3.8) is 0 Å². The molecular formula is C14H24O3. The number of carbonyl (C=O) groups is 2. The topological polar surface area (TPSA) is 43.4 Å². The van der Waals surface area contributed by atoms with E-state index in [1.54, 1.807) is 0 Å². The van der Waals surface area contributed by atoms with Gasteiger partial charge in [-0.2, -0.15) is 0 Å². The number of unbranched alkanes of at least 4 members (excludes halogenated alkanes) is 4. The van der Waals surface area contributed by atoms with Crippen LogP contribution in [0.3, 0.4) is 0 Å². The van der Waals surface area contributed by atoms with E-state index >= 15 is 0 Å². The smallest absolute Gasteiger partial charge is 0.313 e. The van der Waals surface area contributed by atoms with Gasteiger partial charge in [0.1, 0.15) is 6.42 Å². The predicted molar refractivity (Wildman–Crippen MR) is 68.8 cm³/mol. The SMILES string of the molecule is CCCCC=CC(=O)CC(=O)OCCCCC. The van der Waals surface area contributed by atoms with Crippen LogP contribution < -0.4 is 0 Å². The molecule has 0 atom stereocenters. The molecule has 0 heterocycles. The molecule has 0 fully saturated rings. The first-order chi connectivity index (χ1) is 8.20. The summed E-state index contributed by atoms with van der Waals surface area (Å²) >= 11 is 0. The van der Waals surface area contributed by atoms with Crippen LogP contribution in [-0.4, -0.2) is 18.4 Å². The van der Waals surface area contributed by atoms with Crippen molar-refractivity contribution >= 4 is 11.8 Å². The van der Waals surface area contributed by atoms with Crippen molar-refractivity contribution in [2.75, 3.05) is 6.61 Å². The second kappa shape index (κ2) is 11.4. The van der Waals surface area contributed by atoms with Crippen LogP contribution in [0, 0.1) is 0 Å². The number of rotatable bonds is 10. The molecule has 0 amide bonds. The Hall–Kier alpha value is -1.12. The maximum atomic E-state index is 11.3. The number of esters is 1. The van der Waals surface area contributed by atoms with Crippen LogP contribution in [0.15, 0.2) is 12.2 Å². The van der Waals surface area contributed by atoms with Crippen molar-refractivity contribution in [1.82, 2.24) is 0 Å². The molecule has 0 aromatic rings. The zero-order chi connectivity index (χ0) is 12.9. The molecule has 0 aliphatic heterocycles. The van der Waals surface area contributed by atoms with E-state index in [-0.39, 0.29) is 12.2 Å². The van der Waals surface area contributed by atoms with Crippen molar-refractivity contribution in [2.24, 2.45) is 0 Å². The zero-order valence-corrected chi connectivity index (χ0v) is 11.0. The van der Waals surface area contributed by atoms with Crippen molar-refractivity contribution in [1.29, 1.82) is 0 Å². The molecule has 0 bridgehead atoms. The molecule has 0 aromatic carbocycles. The molecule has 3 nitrogen and oxygen atoms in total. The quantitative estimate of drug-likeness (QED) is 0.254. The minimum atomic E-state index is -0.411. The first-order valence-electron chi connectivity index (χ1n) is 6.55. The molecule has 0 saturated carbocycles. The van der Waals surface area contributed by atoms with Crippen LogP contribution >= 0.6 is 0 Å². The molecule has 0 aliphatic rings. The highest BCUT2D eigenvalue weighted by atomic mass is 16.5. The maximum absolute atomic E-state index is 11.3. The fourth-order valence-electron chi connectivity index (χ4n) is 1.33. The Morgan fingerprint density at radius 1 is 1.06 bits per heavy atom. The summed E-state index contributed by atoms with van der Waals surface area (Å²) in [7, 11) is 0. The summed E-state index contributed by atoms with van der Waals surface area (Å²) in [6, 6.07) is 0. The molecule has 0 unspecified atom stereocenters. The van der Waals surface area contributed by atoms with Crippen LogP contribution in [0.2, 0.25) is 0 Å². The molecule has 0 rings (SSSR count). The number of ether oxygens (including phenoxy) is 1. The summed E-state index contributed by atoms with van der Waals surface area (Å²) < 4.78 is 4.95. The van der Waals surface area contributed by atoms with E-state index in [1.807, 2.05) is 6.08 Å². The second-order valence-electron chi connectivity index (χ2n) is 4.12. The second-order valence-corrected chi connectivity index (χ2v) is 4.12. The van der Waals surface area contributed by atoms with E-state index in [1.165, 1.54) is 6.08 Å². The van der Waals surface area contributed by atoms with Gasteiger partial charge in [-0.25, -0.2) is 0 Å². The van der Waals surface area contributed by atoms with Gasteiger partial charge in [-0.3, -0.25) is 9.59 Å². The lowest BCUT2D eigenvalue weighted by molar-refractivity contribution is -0.145. The van der Waals surface area contributed by atoms with Gasteiger partial charge in [0.2, 0.25) is 0 Å². The largest absolute Gasteiger partial charge is 0.465 e. The number of carbonyl (C=O) groups excluding carboxylic acids is 2. The molecular weight excluding hydrogens is 216 g/mol. The first-order valence-corrected chi connectivity index (χ1v) is 6.55. The van der Waals surface area contributed by atoms with E-state index < -0.39 is 5.97 Å². The van der Waals surface area contributed by atoms with Crippen LogP contribution in [0.1, 0.15) is 58.8 Å². The third-order valence-corrected chi connectivity index (χ3v) is 2.36. The van der Waals surface area contributed by atoms with Crippen molar-refractivity contribution < 1.29 is 14.3 Å². The van der Waals surface area contributed by atoms with Crippen molar-refractivity contribution in [3.05, 3.63) is 12.2 Å². The molecule has 0 N–H and O–H groups in total. The van der Waals surface area contributed by atoms with Gasteiger partial charge in [-0.1, -0.05) is 45.6 Å². The number of hydrogen-bond donors (Lipinski definition) is 0. The van der Waals surface area contributed by atoms with Gasteiger partial charge in [0.15, 0.2) is 5.78 Å².